The van der Waals surface area contributed by atoms with Gasteiger partial charge in [-0.15, -0.1) is 0 Å². The molecule has 5 aliphatic rings. The summed E-state index contributed by atoms with van der Waals surface area (Å²) in [5, 5.41) is 4.59. The minimum Gasteiger partial charge on any atom is -0.486 e. The van der Waals surface area contributed by atoms with Crippen molar-refractivity contribution in [1.82, 2.24) is 25.2 Å². The number of rotatable bonds is 5. The monoisotopic (exact) mass is 773 g/mol. The lowest BCUT2D eigenvalue weighted by atomic mass is 10.0. The zero-order chi connectivity index (χ0) is 39.0. The second kappa shape index (κ2) is 15.3. The third-order valence-electron chi connectivity index (χ3n) is 10.3. The molecule has 0 bridgehead atoms. The fourth-order valence-electron chi connectivity index (χ4n) is 7.29. The van der Waals surface area contributed by atoms with Gasteiger partial charge in [-0.1, -0.05) is 31.1 Å². The van der Waals surface area contributed by atoms with Gasteiger partial charge in [0.25, 0.3) is 5.91 Å². The van der Waals surface area contributed by atoms with Crippen LogP contribution in [0.25, 0.3) is 0 Å². The van der Waals surface area contributed by atoms with E-state index in [4.69, 9.17) is 18.9 Å². The Hall–Kier alpha value is -4.54. The smallest absolute Gasteiger partial charge is 0.410 e. The first kappa shape index (κ1) is 39.2. The predicted molar refractivity (Wildman–Crippen MR) is 194 cm³/mol. The van der Waals surface area contributed by atoms with Crippen molar-refractivity contribution in [2.24, 2.45) is 5.92 Å². The van der Waals surface area contributed by atoms with Crippen LogP contribution >= 0.6 is 0 Å². The molecule has 1 saturated carbocycles. The van der Waals surface area contributed by atoms with Crippen LogP contribution in [0, 0.1) is 5.92 Å². The largest absolute Gasteiger partial charge is 0.486 e. The van der Waals surface area contributed by atoms with Crippen LogP contribution in [-0.4, -0.2) is 102 Å². The van der Waals surface area contributed by atoms with E-state index in [1.54, 1.807) is 20.8 Å². The zero-order valence-electron chi connectivity index (χ0n) is 31.5. The Bertz CT molecular complexity index is 1810. The molecule has 0 radical (unpaired) electrons. The van der Waals surface area contributed by atoms with Crippen LogP contribution in [-0.2, 0) is 47.0 Å². The number of carbonyl (C=O) groups is 5. The fourth-order valence-corrected chi connectivity index (χ4v) is 7.96. The number of nitrogens with zero attached hydrogens (tertiary/aromatic N) is 2. The fraction of sp³-hybridized carbons (Fsp3) is 0.649. The molecule has 4 heterocycles. The van der Waals surface area contributed by atoms with Gasteiger partial charge in [-0.3, -0.25) is 24.0 Å². The molecule has 0 aromatic heterocycles. The average Bonchev–Trinajstić information content (AvgIpc) is 3.40. The molecular weight excluding hydrogens is 722 g/mol. The minimum atomic E-state index is -4.02. The Morgan fingerprint density at radius 2 is 1.81 bits per heavy atom. The quantitative estimate of drug-likeness (QED) is 0.372. The molecule has 16 nitrogen and oxygen atoms in total. The number of allylic oxidation sites excluding steroid dienone is 1. The van der Waals surface area contributed by atoms with E-state index < -0.39 is 80.4 Å². The lowest BCUT2D eigenvalue weighted by Gasteiger charge is -2.30. The van der Waals surface area contributed by atoms with Crippen molar-refractivity contribution in [2.75, 3.05) is 19.8 Å². The minimum absolute atomic E-state index is 0.0991. The Balaban J connectivity index is 1.25. The molecule has 5 atom stereocenters. The summed E-state index contributed by atoms with van der Waals surface area (Å²) in [6, 6.07) is 1.41. The standard InChI is InChI=1S/C37H51N5O11S/c1-22(2)54(48,49)40-33(45)37-18-24(37)11-9-7-6-8-10-12-27(38-34(46)53-36(3,4)5)32(44)42-20-25(17-28(42)31(43)39-37)52-35(47)41-19-23-13-14-29-30(26(23)21-41)51-16-15-50-29/h9,11,13-14,22,24-25,27-28H,6-8,10,12,15-21H2,1-5H3,(H,38,46)(H,39,43)(H,40,45)/b11-9-/t24-,25-,27+,28+,37-/m1/s1. The molecular formula is C37H51N5O11S. The molecule has 1 aromatic carbocycles. The number of ether oxygens (including phenoxy) is 4. The molecule has 6 rings (SSSR count). The van der Waals surface area contributed by atoms with Gasteiger partial charge in [0.2, 0.25) is 21.8 Å². The number of carbonyl (C=O) groups excluding carboxylic acids is 5. The summed E-state index contributed by atoms with van der Waals surface area (Å²) >= 11 is 0. The summed E-state index contributed by atoms with van der Waals surface area (Å²) < 4.78 is 50.5. The number of hydrogen-bond donors (Lipinski definition) is 3. The number of hydrogen-bond acceptors (Lipinski definition) is 11. The molecule has 1 aromatic rings. The number of alkyl carbamates (subject to hydrolysis) is 1. The van der Waals surface area contributed by atoms with Crippen LogP contribution < -0.4 is 24.8 Å². The van der Waals surface area contributed by atoms with E-state index in [0.717, 1.165) is 24.0 Å². The molecule has 54 heavy (non-hydrogen) atoms. The number of nitrogens with one attached hydrogen (secondary N) is 3. The van der Waals surface area contributed by atoms with E-state index in [-0.39, 0.29) is 38.9 Å². The van der Waals surface area contributed by atoms with Gasteiger partial charge in [-0.25, -0.2) is 18.0 Å². The molecule has 1 saturated heterocycles. The molecule has 17 heteroatoms. The molecule has 3 N–H and O–H groups in total. The van der Waals surface area contributed by atoms with E-state index in [2.05, 4.69) is 15.4 Å². The van der Waals surface area contributed by atoms with Crippen LogP contribution in [0.1, 0.15) is 90.7 Å². The summed E-state index contributed by atoms with van der Waals surface area (Å²) in [6.07, 6.45) is 4.42. The highest BCUT2D eigenvalue weighted by atomic mass is 32.2. The third-order valence-corrected chi connectivity index (χ3v) is 12.0. The zero-order valence-corrected chi connectivity index (χ0v) is 32.3. The van der Waals surface area contributed by atoms with Crippen molar-refractivity contribution in [1.29, 1.82) is 0 Å². The van der Waals surface area contributed by atoms with Gasteiger partial charge in [0.1, 0.15) is 42.5 Å². The van der Waals surface area contributed by atoms with Gasteiger partial charge in [0.15, 0.2) is 11.5 Å². The van der Waals surface area contributed by atoms with Crippen LogP contribution in [0.4, 0.5) is 9.59 Å². The normalized spacial score (nSPS) is 27.7. The Labute approximate surface area is 315 Å². The summed E-state index contributed by atoms with van der Waals surface area (Å²) in [6.45, 7) is 9.13. The van der Waals surface area contributed by atoms with E-state index in [1.165, 1.54) is 23.6 Å². The van der Waals surface area contributed by atoms with Gasteiger partial charge in [0, 0.05) is 24.4 Å². The summed E-state index contributed by atoms with van der Waals surface area (Å²) in [7, 11) is -4.02. The summed E-state index contributed by atoms with van der Waals surface area (Å²) in [5.41, 5.74) is -0.692. The van der Waals surface area contributed by atoms with Gasteiger partial charge in [0.05, 0.1) is 18.3 Å². The average molecular weight is 774 g/mol. The molecule has 5 amide bonds. The van der Waals surface area contributed by atoms with Crippen LogP contribution in [0.2, 0.25) is 0 Å². The highest BCUT2D eigenvalue weighted by Gasteiger charge is 2.62. The number of fused-ring (bicyclic) bond motifs is 5. The molecule has 2 fully saturated rings. The predicted octanol–water partition coefficient (Wildman–Crippen LogP) is 3.02. The first-order valence-electron chi connectivity index (χ1n) is 18.7. The van der Waals surface area contributed by atoms with Crippen molar-refractivity contribution in [3.05, 3.63) is 35.4 Å². The van der Waals surface area contributed by atoms with E-state index in [1.807, 2.05) is 24.3 Å². The van der Waals surface area contributed by atoms with Crippen LogP contribution in [0.5, 0.6) is 11.5 Å². The third kappa shape index (κ3) is 8.55. The summed E-state index contributed by atoms with van der Waals surface area (Å²) in [4.78, 5) is 71.6. The first-order chi connectivity index (χ1) is 25.5. The number of amides is 5. The summed E-state index contributed by atoms with van der Waals surface area (Å²) in [5.74, 6) is -1.42. The lowest BCUT2D eigenvalue weighted by Crippen LogP contribution is -2.58. The maximum atomic E-state index is 14.4. The Morgan fingerprint density at radius 1 is 1.06 bits per heavy atom. The maximum absolute atomic E-state index is 14.4. The molecule has 4 aliphatic heterocycles. The molecule has 1 aliphatic carbocycles. The van der Waals surface area contributed by atoms with E-state index in [9.17, 15) is 32.4 Å². The van der Waals surface area contributed by atoms with Gasteiger partial charge < -0.3 is 34.5 Å². The number of sulfonamides is 1. The van der Waals surface area contributed by atoms with Crippen molar-refractivity contribution >= 4 is 39.9 Å². The lowest BCUT2D eigenvalue weighted by molar-refractivity contribution is -0.141. The van der Waals surface area contributed by atoms with Gasteiger partial charge in [-0.05, 0) is 71.9 Å². The van der Waals surface area contributed by atoms with Crippen molar-refractivity contribution in [3.8, 4) is 11.5 Å². The second-order valence-electron chi connectivity index (χ2n) is 15.9. The number of benzene rings is 1. The van der Waals surface area contributed by atoms with Crippen molar-refractivity contribution in [2.45, 2.75) is 127 Å². The second-order valence-corrected chi connectivity index (χ2v) is 18.1. The first-order valence-corrected chi connectivity index (χ1v) is 20.2. The Kier molecular flexibility index (Phi) is 11.1. The van der Waals surface area contributed by atoms with Gasteiger partial charge >= 0.3 is 12.2 Å². The highest BCUT2D eigenvalue weighted by Crippen LogP contribution is 2.46. The SMILES string of the molecule is CC(C)S(=O)(=O)NC(=O)[C@@]12C[C@H]1/C=C\CCCCC[C@H](NC(=O)OC(C)(C)C)C(=O)N1C[C@H](OC(=O)N3Cc4ccc5c(c4C3)OCCO5)C[C@H]1C(=O)N2. The highest BCUT2D eigenvalue weighted by molar-refractivity contribution is 7.90. The molecule has 0 unspecified atom stereocenters. The van der Waals surface area contributed by atoms with Gasteiger partial charge in [-0.2, -0.15) is 0 Å². The van der Waals surface area contributed by atoms with E-state index in [0.29, 0.717) is 37.6 Å². The van der Waals surface area contributed by atoms with Crippen LogP contribution in [0.15, 0.2) is 24.3 Å². The van der Waals surface area contributed by atoms with E-state index >= 15 is 0 Å². The van der Waals surface area contributed by atoms with Crippen molar-refractivity contribution in [3.63, 3.8) is 0 Å². The van der Waals surface area contributed by atoms with Crippen molar-refractivity contribution < 1.29 is 51.3 Å². The maximum Gasteiger partial charge on any atom is 0.410 e. The topological polar surface area (TPSA) is 199 Å². The van der Waals surface area contributed by atoms with Crippen LogP contribution in [0.3, 0.4) is 0 Å². The molecule has 296 valence electrons. The Morgan fingerprint density at radius 3 is 2.56 bits per heavy atom. The molecule has 0 spiro atoms.